The molecule has 2 fully saturated rings. The fraction of sp³-hybridized carbons (Fsp3) is 0.562. The van der Waals surface area contributed by atoms with E-state index in [0.29, 0.717) is 17.9 Å². The summed E-state index contributed by atoms with van der Waals surface area (Å²) >= 11 is 0. The second-order valence-corrected chi connectivity index (χ2v) is 6.29. The van der Waals surface area contributed by atoms with E-state index >= 15 is 0 Å². The number of urea groups is 1. The number of benzene rings is 1. The van der Waals surface area contributed by atoms with Crippen molar-refractivity contribution < 1.29 is 4.79 Å². The van der Waals surface area contributed by atoms with Gasteiger partial charge in [0.25, 0.3) is 0 Å². The van der Waals surface area contributed by atoms with Gasteiger partial charge in [0.05, 0.1) is 0 Å². The van der Waals surface area contributed by atoms with Crippen molar-refractivity contribution in [1.29, 1.82) is 0 Å². The molecule has 0 radical (unpaired) electrons. The Bertz CT molecular complexity index is 485. The van der Waals surface area contributed by atoms with E-state index in [9.17, 15) is 4.79 Å². The number of nitrogens with zero attached hydrogens (tertiary/aromatic N) is 1. The van der Waals surface area contributed by atoms with Crippen LogP contribution in [0.1, 0.15) is 24.8 Å². The third kappa shape index (κ3) is 2.80. The molecule has 3 atom stereocenters. The SMILES string of the molecule is Cc1ccc(NC(=O)N2C[C@H]3CCC(N)C[C@H]3C2)cc1. The van der Waals surface area contributed by atoms with E-state index in [0.717, 1.165) is 31.6 Å². The first-order valence-corrected chi connectivity index (χ1v) is 7.50. The average Bonchev–Trinajstić information content (AvgIpc) is 2.84. The van der Waals surface area contributed by atoms with Crippen molar-refractivity contribution in [1.82, 2.24) is 4.90 Å². The van der Waals surface area contributed by atoms with Gasteiger partial charge in [-0.25, -0.2) is 4.79 Å². The van der Waals surface area contributed by atoms with Crippen LogP contribution >= 0.6 is 0 Å². The molecule has 4 nitrogen and oxygen atoms in total. The normalized spacial score (nSPS) is 29.1. The van der Waals surface area contributed by atoms with Crippen LogP contribution in [0.2, 0.25) is 0 Å². The molecule has 3 rings (SSSR count). The molecule has 1 aromatic rings. The molecule has 0 bridgehead atoms. The van der Waals surface area contributed by atoms with Crippen molar-refractivity contribution in [2.45, 2.75) is 32.2 Å². The van der Waals surface area contributed by atoms with Gasteiger partial charge in [0, 0.05) is 24.8 Å². The highest BCUT2D eigenvalue weighted by Crippen LogP contribution is 2.35. The Kier molecular flexibility index (Phi) is 3.66. The monoisotopic (exact) mass is 273 g/mol. The lowest BCUT2D eigenvalue weighted by Gasteiger charge is -2.27. The Morgan fingerprint density at radius 3 is 2.65 bits per heavy atom. The van der Waals surface area contributed by atoms with Gasteiger partial charge in [-0.15, -0.1) is 0 Å². The second kappa shape index (κ2) is 5.44. The number of nitrogens with one attached hydrogen (secondary N) is 1. The minimum absolute atomic E-state index is 0.0248. The number of aryl methyl sites for hydroxylation is 1. The number of carbonyl (C=O) groups is 1. The Labute approximate surface area is 120 Å². The first kappa shape index (κ1) is 13.4. The smallest absolute Gasteiger partial charge is 0.321 e. The van der Waals surface area contributed by atoms with Crippen molar-refractivity contribution in [3.05, 3.63) is 29.8 Å². The summed E-state index contributed by atoms with van der Waals surface area (Å²) in [6.07, 6.45) is 3.34. The van der Waals surface area contributed by atoms with Gasteiger partial charge in [-0.1, -0.05) is 17.7 Å². The number of anilines is 1. The minimum atomic E-state index is 0.0248. The highest BCUT2D eigenvalue weighted by molar-refractivity contribution is 5.89. The van der Waals surface area contributed by atoms with Gasteiger partial charge >= 0.3 is 6.03 Å². The lowest BCUT2D eigenvalue weighted by molar-refractivity contribution is 0.220. The van der Waals surface area contributed by atoms with E-state index < -0.39 is 0 Å². The molecule has 1 saturated heterocycles. The topological polar surface area (TPSA) is 58.4 Å². The number of rotatable bonds is 1. The maximum Gasteiger partial charge on any atom is 0.321 e. The summed E-state index contributed by atoms with van der Waals surface area (Å²) in [4.78, 5) is 14.3. The van der Waals surface area contributed by atoms with Gasteiger partial charge in [-0.05, 0) is 50.2 Å². The summed E-state index contributed by atoms with van der Waals surface area (Å²) in [5.41, 5.74) is 8.10. The van der Waals surface area contributed by atoms with Crippen molar-refractivity contribution in [2.24, 2.45) is 17.6 Å². The Morgan fingerprint density at radius 1 is 1.20 bits per heavy atom. The molecule has 2 amide bonds. The molecule has 1 aliphatic carbocycles. The average molecular weight is 273 g/mol. The quantitative estimate of drug-likeness (QED) is 0.826. The van der Waals surface area contributed by atoms with Gasteiger partial charge in [0.2, 0.25) is 0 Å². The zero-order valence-corrected chi connectivity index (χ0v) is 12.0. The van der Waals surface area contributed by atoms with Crippen LogP contribution in [0.15, 0.2) is 24.3 Å². The molecule has 0 spiro atoms. The molecule has 1 unspecified atom stereocenters. The lowest BCUT2D eigenvalue weighted by atomic mass is 9.79. The fourth-order valence-electron chi connectivity index (χ4n) is 3.47. The van der Waals surface area contributed by atoms with Crippen LogP contribution in [0.5, 0.6) is 0 Å². The minimum Gasteiger partial charge on any atom is -0.328 e. The summed E-state index contributed by atoms with van der Waals surface area (Å²) in [6, 6.07) is 8.28. The van der Waals surface area contributed by atoms with Crippen LogP contribution in [-0.4, -0.2) is 30.1 Å². The summed E-state index contributed by atoms with van der Waals surface area (Å²) in [5, 5.41) is 2.99. The van der Waals surface area contributed by atoms with Crippen molar-refractivity contribution in [3.63, 3.8) is 0 Å². The summed E-state index contributed by atoms with van der Waals surface area (Å²) < 4.78 is 0. The number of carbonyl (C=O) groups excluding carboxylic acids is 1. The maximum absolute atomic E-state index is 12.3. The Hall–Kier alpha value is -1.55. The molecule has 1 saturated carbocycles. The van der Waals surface area contributed by atoms with E-state index in [1.54, 1.807) is 0 Å². The number of fused-ring (bicyclic) bond motifs is 1. The maximum atomic E-state index is 12.3. The van der Waals surface area contributed by atoms with Crippen molar-refractivity contribution in [3.8, 4) is 0 Å². The van der Waals surface area contributed by atoms with Gasteiger partial charge < -0.3 is 16.0 Å². The van der Waals surface area contributed by atoms with E-state index in [1.807, 2.05) is 36.1 Å². The van der Waals surface area contributed by atoms with E-state index in [4.69, 9.17) is 5.73 Å². The van der Waals surface area contributed by atoms with Gasteiger partial charge in [-0.3, -0.25) is 0 Å². The van der Waals surface area contributed by atoms with E-state index in [2.05, 4.69) is 5.32 Å². The second-order valence-electron chi connectivity index (χ2n) is 6.29. The highest BCUT2D eigenvalue weighted by atomic mass is 16.2. The highest BCUT2D eigenvalue weighted by Gasteiger charge is 2.38. The van der Waals surface area contributed by atoms with Crippen molar-refractivity contribution in [2.75, 3.05) is 18.4 Å². The molecule has 2 aliphatic rings. The van der Waals surface area contributed by atoms with Crippen LogP contribution in [0.3, 0.4) is 0 Å². The molecule has 3 N–H and O–H groups in total. The van der Waals surface area contributed by atoms with Crippen LogP contribution in [0.4, 0.5) is 10.5 Å². The van der Waals surface area contributed by atoms with Gasteiger partial charge in [0.15, 0.2) is 0 Å². The zero-order chi connectivity index (χ0) is 14.1. The largest absolute Gasteiger partial charge is 0.328 e. The van der Waals surface area contributed by atoms with E-state index in [-0.39, 0.29) is 6.03 Å². The van der Waals surface area contributed by atoms with E-state index in [1.165, 1.54) is 12.0 Å². The van der Waals surface area contributed by atoms with Crippen LogP contribution in [0, 0.1) is 18.8 Å². The molecule has 108 valence electrons. The third-order valence-corrected chi connectivity index (χ3v) is 4.68. The molecule has 20 heavy (non-hydrogen) atoms. The Morgan fingerprint density at radius 2 is 1.90 bits per heavy atom. The van der Waals surface area contributed by atoms with Crippen molar-refractivity contribution >= 4 is 11.7 Å². The lowest BCUT2D eigenvalue weighted by Crippen LogP contribution is -2.33. The summed E-state index contributed by atoms with van der Waals surface area (Å²) in [6.45, 7) is 3.78. The van der Waals surface area contributed by atoms with Crippen LogP contribution < -0.4 is 11.1 Å². The predicted octanol–water partition coefficient (Wildman–Crippen LogP) is 2.59. The third-order valence-electron chi connectivity index (χ3n) is 4.68. The van der Waals surface area contributed by atoms with Crippen LogP contribution in [0.25, 0.3) is 0 Å². The van der Waals surface area contributed by atoms with Gasteiger partial charge in [0.1, 0.15) is 0 Å². The van der Waals surface area contributed by atoms with Gasteiger partial charge in [-0.2, -0.15) is 0 Å². The van der Waals surface area contributed by atoms with Crippen LogP contribution in [-0.2, 0) is 0 Å². The first-order chi connectivity index (χ1) is 9.61. The molecule has 4 heteroatoms. The molecule has 1 heterocycles. The number of nitrogens with two attached hydrogens (primary N) is 1. The molecular weight excluding hydrogens is 250 g/mol. The molecule has 1 aromatic carbocycles. The summed E-state index contributed by atoms with van der Waals surface area (Å²) in [5.74, 6) is 1.25. The number of likely N-dealkylation sites (tertiary alicyclic amines) is 1. The molecule has 0 aromatic heterocycles. The first-order valence-electron chi connectivity index (χ1n) is 7.50. The molecule has 1 aliphatic heterocycles. The number of amides is 2. The predicted molar refractivity (Wildman–Crippen MR) is 80.6 cm³/mol. The standard InChI is InChI=1S/C16H23N3O/c1-11-2-6-15(7-3-11)18-16(20)19-9-12-4-5-14(17)8-13(12)10-19/h2-3,6-7,12-14H,4-5,8-10,17H2,1H3,(H,18,20)/t12-,13+,14?/m1/s1. The Balaban J connectivity index is 1.60. The summed E-state index contributed by atoms with van der Waals surface area (Å²) in [7, 11) is 0. The fourth-order valence-corrected chi connectivity index (χ4v) is 3.47. The number of hydrogen-bond acceptors (Lipinski definition) is 2. The number of hydrogen-bond donors (Lipinski definition) is 2. The molecular formula is C16H23N3O. The zero-order valence-electron chi connectivity index (χ0n) is 12.0.